The lowest BCUT2D eigenvalue weighted by molar-refractivity contribution is 0.0929. The summed E-state index contributed by atoms with van der Waals surface area (Å²) in [4.78, 5) is 28.9. The third-order valence-corrected chi connectivity index (χ3v) is 6.45. The van der Waals surface area contributed by atoms with E-state index in [1.165, 1.54) is 4.68 Å². The van der Waals surface area contributed by atoms with Gasteiger partial charge in [-0.05, 0) is 42.4 Å². The van der Waals surface area contributed by atoms with Crippen LogP contribution < -0.4 is 15.6 Å². The number of fused-ring (bicyclic) bond motifs is 1. The fraction of sp³-hybridized carbons (Fsp3) is 0.276. The van der Waals surface area contributed by atoms with Crippen molar-refractivity contribution in [2.45, 2.75) is 26.4 Å². The minimum absolute atomic E-state index is 0.0412. The van der Waals surface area contributed by atoms with Crippen LogP contribution in [0.3, 0.4) is 0 Å². The predicted octanol–water partition coefficient (Wildman–Crippen LogP) is 4.27. The van der Waals surface area contributed by atoms with Gasteiger partial charge in [0.25, 0.3) is 11.5 Å². The van der Waals surface area contributed by atoms with E-state index < -0.39 is 0 Å². The summed E-state index contributed by atoms with van der Waals surface area (Å²) in [6, 6.07) is 24.6. The molecule has 0 radical (unpaired) electrons. The Balaban J connectivity index is 1.66. The van der Waals surface area contributed by atoms with E-state index in [0.29, 0.717) is 17.3 Å². The summed E-state index contributed by atoms with van der Waals surface area (Å²) in [5.41, 5.74) is 2.02. The van der Waals surface area contributed by atoms with E-state index >= 15 is 0 Å². The third-order valence-electron chi connectivity index (χ3n) is 6.45. The SMILES string of the molecule is CCN(CC)C(CNC(=O)c1nn(Cc2ccccc2)c(=O)c2ccccc12)c1cccc(OC)c1. The molecule has 0 aliphatic carbocycles. The van der Waals surface area contributed by atoms with Crippen LogP contribution >= 0.6 is 0 Å². The average Bonchev–Trinajstić information content (AvgIpc) is 2.93. The monoisotopic (exact) mass is 484 g/mol. The lowest BCUT2D eigenvalue weighted by atomic mass is 10.0. The van der Waals surface area contributed by atoms with Gasteiger partial charge in [0.1, 0.15) is 5.75 Å². The molecule has 1 amide bonds. The fourth-order valence-electron chi connectivity index (χ4n) is 4.51. The first-order valence-electron chi connectivity index (χ1n) is 12.3. The summed E-state index contributed by atoms with van der Waals surface area (Å²) < 4.78 is 6.79. The molecule has 7 nitrogen and oxygen atoms in total. The van der Waals surface area contributed by atoms with Gasteiger partial charge in [-0.25, -0.2) is 4.68 Å². The smallest absolute Gasteiger partial charge is 0.274 e. The Bertz CT molecular complexity index is 1380. The van der Waals surface area contributed by atoms with Gasteiger partial charge in [0.15, 0.2) is 5.69 Å². The molecule has 0 spiro atoms. The van der Waals surface area contributed by atoms with E-state index in [-0.39, 0.29) is 29.7 Å². The van der Waals surface area contributed by atoms with Crippen molar-refractivity contribution in [3.63, 3.8) is 0 Å². The molecule has 1 aromatic heterocycles. The fourth-order valence-corrected chi connectivity index (χ4v) is 4.51. The molecule has 0 bridgehead atoms. The molecule has 0 saturated carbocycles. The van der Waals surface area contributed by atoms with Crippen molar-refractivity contribution in [1.82, 2.24) is 20.0 Å². The zero-order chi connectivity index (χ0) is 25.5. The normalized spacial score (nSPS) is 12.0. The van der Waals surface area contributed by atoms with Gasteiger partial charge in [-0.15, -0.1) is 0 Å². The van der Waals surface area contributed by atoms with Gasteiger partial charge in [0.05, 0.1) is 25.1 Å². The Hall–Kier alpha value is -3.97. The number of benzene rings is 3. The van der Waals surface area contributed by atoms with Crippen LogP contribution in [0.1, 0.15) is 41.5 Å². The van der Waals surface area contributed by atoms with Gasteiger partial charge in [-0.3, -0.25) is 14.5 Å². The lowest BCUT2D eigenvalue weighted by Crippen LogP contribution is -2.39. The maximum atomic E-state index is 13.5. The molecule has 1 N–H and O–H groups in total. The molecular weight excluding hydrogens is 452 g/mol. The first kappa shape index (κ1) is 25.1. The molecule has 0 saturated heterocycles. The van der Waals surface area contributed by atoms with Crippen LogP contribution in [0.4, 0.5) is 0 Å². The van der Waals surface area contributed by atoms with E-state index in [1.54, 1.807) is 25.3 Å². The zero-order valence-electron chi connectivity index (χ0n) is 21.0. The first-order chi connectivity index (χ1) is 17.5. The Kier molecular flexibility index (Phi) is 8.13. The molecule has 0 aliphatic heterocycles. The Morgan fingerprint density at radius 1 is 0.972 bits per heavy atom. The number of aromatic nitrogens is 2. The van der Waals surface area contributed by atoms with Crippen LogP contribution in [-0.2, 0) is 6.54 Å². The van der Waals surface area contributed by atoms with Crippen LogP contribution in [0.15, 0.2) is 83.7 Å². The Morgan fingerprint density at radius 2 is 1.67 bits per heavy atom. The molecular formula is C29H32N4O3. The van der Waals surface area contributed by atoms with Crippen molar-refractivity contribution in [2.75, 3.05) is 26.7 Å². The summed E-state index contributed by atoms with van der Waals surface area (Å²) in [6.07, 6.45) is 0. The maximum Gasteiger partial charge on any atom is 0.274 e. The van der Waals surface area contributed by atoms with Crippen LogP contribution in [0.5, 0.6) is 5.75 Å². The minimum Gasteiger partial charge on any atom is -0.497 e. The number of nitrogens with zero attached hydrogens (tertiary/aromatic N) is 3. The van der Waals surface area contributed by atoms with Crippen LogP contribution in [0, 0.1) is 0 Å². The van der Waals surface area contributed by atoms with E-state index in [9.17, 15) is 9.59 Å². The summed E-state index contributed by atoms with van der Waals surface area (Å²) >= 11 is 0. The Morgan fingerprint density at radius 3 is 2.36 bits per heavy atom. The summed E-state index contributed by atoms with van der Waals surface area (Å²) in [5, 5.41) is 8.63. The van der Waals surface area contributed by atoms with Crippen molar-refractivity contribution in [3.8, 4) is 5.75 Å². The number of hydrogen-bond acceptors (Lipinski definition) is 5. The van der Waals surface area contributed by atoms with E-state index in [1.807, 2.05) is 60.7 Å². The molecule has 7 heteroatoms. The second-order valence-corrected chi connectivity index (χ2v) is 8.57. The standard InChI is InChI=1S/C29H32N4O3/c1-4-32(5-2)26(22-14-11-15-23(18-22)36-3)19-30-28(34)27-24-16-9-10-17-25(24)29(35)33(31-27)20-21-12-7-6-8-13-21/h6-18,26H,4-5,19-20H2,1-3H3,(H,30,34). The molecule has 0 fully saturated rings. The van der Waals surface area contributed by atoms with Crippen molar-refractivity contribution < 1.29 is 9.53 Å². The molecule has 1 atom stereocenters. The van der Waals surface area contributed by atoms with Crippen LogP contribution in [0.2, 0.25) is 0 Å². The van der Waals surface area contributed by atoms with Crippen molar-refractivity contribution in [2.24, 2.45) is 0 Å². The molecule has 1 heterocycles. The summed E-state index contributed by atoms with van der Waals surface area (Å²) in [5.74, 6) is 0.463. The number of carbonyl (C=O) groups excluding carboxylic acids is 1. The highest BCUT2D eigenvalue weighted by molar-refractivity contribution is 6.04. The van der Waals surface area contributed by atoms with Crippen LogP contribution in [-0.4, -0.2) is 47.3 Å². The largest absolute Gasteiger partial charge is 0.497 e. The number of amides is 1. The van der Waals surface area contributed by atoms with Crippen molar-refractivity contribution >= 4 is 16.7 Å². The molecule has 4 aromatic rings. The zero-order valence-corrected chi connectivity index (χ0v) is 21.0. The average molecular weight is 485 g/mol. The first-order valence-corrected chi connectivity index (χ1v) is 12.3. The Labute approximate surface area is 211 Å². The number of carbonyl (C=O) groups is 1. The number of likely N-dealkylation sites (N-methyl/N-ethyl adjacent to an activating group) is 1. The molecule has 4 rings (SSSR count). The summed E-state index contributed by atoms with van der Waals surface area (Å²) in [7, 11) is 1.65. The number of rotatable bonds is 10. The maximum absolute atomic E-state index is 13.5. The molecule has 1 unspecified atom stereocenters. The van der Waals surface area contributed by atoms with E-state index in [0.717, 1.165) is 30.0 Å². The van der Waals surface area contributed by atoms with E-state index in [2.05, 4.69) is 29.2 Å². The second-order valence-electron chi connectivity index (χ2n) is 8.57. The van der Waals surface area contributed by atoms with Crippen LogP contribution in [0.25, 0.3) is 10.8 Å². The topological polar surface area (TPSA) is 76.5 Å². The number of methoxy groups -OCH3 is 1. The molecule has 36 heavy (non-hydrogen) atoms. The van der Waals surface area contributed by atoms with Crippen molar-refractivity contribution in [1.29, 1.82) is 0 Å². The van der Waals surface area contributed by atoms with Gasteiger partial charge in [0, 0.05) is 11.9 Å². The van der Waals surface area contributed by atoms with E-state index in [4.69, 9.17) is 4.74 Å². The molecule has 186 valence electrons. The van der Waals surface area contributed by atoms with Gasteiger partial charge in [-0.2, -0.15) is 5.10 Å². The molecule has 0 aliphatic rings. The second kappa shape index (κ2) is 11.6. The highest BCUT2D eigenvalue weighted by Gasteiger charge is 2.22. The van der Waals surface area contributed by atoms with Gasteiger partial charge < -0.3 is 10.1 Å². The quantitative estimate of drug-likeness (QED) is 0.364. The minimum atomic E-state index is -0.312. The van der Waals surface area contributed by atoms with Gasteiger partial charge >= 0.3 is 0 Å². The highest BCUT2D eigenvalue weighted by Crippen LogP contribution is 2.24. The van der Waals surface area contributed by atoms with Gasteiger partial charge in [-0.1, -0.05) is 74.5 Å². The van der Waals surface area contributed by atoms with Gasteiger partial charge in [0.2, 0.25) is 0 Å². The van der Waals surface area contributed by atoms with Crippen molar-refractivity contribution in [3.05, 3.63) is 106 Å². The number of nitrogens with one attached hydrogen (secondary N) is 1. The predicted molar refractivity (Wildman–Crippen MR) is 143 cm³/mol. The lowest BCUT2D eigenvalue weighted by Gasteiger charge is -2.30. The number of hydrogen-bond donors (Lipinski definition) is 1. The third kappa shape index (κ3) is 5.47. The molecule has 3 aromatic carbocycles. The summed E-state index contributed by atoms with van der Waals surface area (Å²) in [6.45, 7) is 6.55. The number of ether oxygens (including phenoxy) is 1. The highest BCUT2D eigenvalue weighted by atomic mass is 16.5.